The number of ether oxygens (including phenoxy) is 1. The summed E-state index contributed by atoms with van der Waals surface area (Å²) in [5, 5.41) is 6.87. The van der Waals surface area contributed by atoms with Gasteiger partial charge in [0, 0.05) is 31.4 Å². The minimum absolute atomic E-state index is 0. The van der Waals surface area contributed by atoms with E-state index in [1.807, 2.05) is 0 Å². The van der Waals surface area contributed by atoms with Crippen LogP contribution in [0.2, 0.25) is 0 Å². The van der Waals surface area contributed by atoms with E-state index in [0.717, 1.165) is 44.7 Å². The van der Waals surface area contributed by atoms with Crippen LogP contribution in [0, 0.1) is 5.92 Å². The Kier molecular flexibility index (Phi) is 7.61. The van der Waals surface area contributed by atoms with Crippen molar-refractivity contribution in [1.82, 2.24) is 10.6 Å². The van der Waals surface area contributed by atoms with E-state index in [2.05, 4.69) is 53.6 Å². The maximum absolute atomic E-state index is 5.46. The number of guanidine groups is 1. The molecule has 0 spiro atoms. The minimum atomic E-state index is 0. The van der Waals surface area contributed by atoms with Gasteiger partial charge >= 0.3 is 0 Å². The summed E-state index contributed by atoms with van der Waals surface area (Å²) in [6.45, 7) is 9.49. The lowest BCUT2D eigenvalue weighted by molar-refractivity contribution is 0.122. The van der Waals surface area contributed by atoms with Gasteiger partial charge in [0.2, 0.25) is 0 Å². The molecule has 1 aliphatic carbocycles. The molecule has 2 aliphatic rings. The molecule has 5 nitrogen and oxygen atoms in total. The molecule has 2 fully saturated rings. The molecular weight excluding hydrogens is 415 g/mol. The molecule has 1 aromatic carbocycles. The first-order valence-electron chi connectivity index (χ1n) is 8.73. The van der Waals surface area contributed by atoms with Crippen LogP contribution in [0.25, 0.3) is 0 Å². The lowest BCUT2D eigenvalue weighted by Gasteiger charge is -2.30. The van der Waals surface area contributed by atoms with Gasteiger partial charge in [-0.05, 0) is 30.9 Å². The van der Waals surface area contributed by atoms with Gasteiger partial charge in [-0.3, -0.25) is 0 Å². The number of halogens is 1. The Morgan fingerprint density at radius 1 is 1.29 bits per heavy atom. The molecule has 2 unspecified atom stereocenters. The summed E-state index contributed by atoms with van der Waals surface area (Å²) in [6.07, 6.45) is 1.24. The zero-order valence-electron chi connectivity index (χ0n) is 14.6. The average Bonchev–Trinajstić information content (AvgIpc) is 3.29. The summed E-state index contributed by atoms with van der Waals surface area (Å²) in [5.41, 5.74) is 2.56. The van der Waals surface area contributed by atoms with E-state index in [9.17, 15) is 0 Å². The molecule has 0 bridgehead atoms. The fraction of sp³-hybridized carbons (Fsp3) is 0.611. The second-order valence-electron chi connectivity index (χ2n) is 6.39. The summed E-state index contributed by atoms with van der Waals surface area (Å²) in [7, 11) is 0. The zero-order valence-corrected chi connectivity index (χ0v) is 17.0. The van der Waals surface area contributed by atoms with Crippen LogP contribution >= 0.6 is 24.0 Å². The number of hydrogen-bond acceptors (Lipinski definition) is 3. The summed E-state index contributed by atoms with van der Waals surface area (Å²) in [5.74, 6) is 1.69. The van der Waals surface area contributed by atoms with Crippen LogP contribution in [0.4, 0.5) is 5.69 Å². The molecule has 1 saturated carbocycles. The van der Waals surface area contributed by atoms with Crippen molar-refractivity contribution in [3.05, 3.63) is 29.8 Å². The number of morpholine rings is 1. The average molecular weight is 444 g/mol. The van der Waals surface area contributed by atoms with E-state index in [-0.39, 0.29) is 24.0 Å². The summed E-state index contributed by atoms with van der Waals surface area (Å²) in [6, 6.07) is 9.16. The van der Waals surface area contributed by atoms with Crippen molar-refractivity contribution in [2.45, 2.75) is 32.9 Å². The number of benzene rings is 1. The monoisotopic (exact) mass is 444 g/mol. The molecule has 134 valence electrons. The van der Waals surface area contributed by atoms with Crippen molar-refractivity contribution < 1.29 is 4.74 Å². The highest BCUT2D eigenvalue weighted by Gasteiger charge is 2.33. The molecule has 24 heavy (non-hydrogen) atoms. The normalized spacial score (nSPS) is 23.4. The van der Waals surface area contributed by atoms with E-state index >= 15 is 0 Å². The predicted molar refractivity (Wildman–Crippen MR) is 110 cm³/mol. The van der Waals surface area contributed by atoms with Crippen LogP contribution in [-0.4, -0.2) is 44.8 Å². The predicted octanol–water partition coefficient (Wildman–Crippen LogP) is 2.60. The maximum Gasteiger partial charge on any atom is 0.191 e. The highest BCUT2D eigenvalue weighted by atomic mass is 127. The van der Waals surface area contributed by atoms with Crippen molar-refractivity contribution in [3.63, 3.8) is 0 Å². The first-order chi connectivity index (χ1) is 11.3. The van der Waals surface area contributed by atoms with Crippen molar-refractivity contribution in [1.29, 1.82) is 0 Å². The summed E-state index contributed by atoms with van der Waals surface area (Å²) in [4.78, 5) is 7.19. The quantitative estimate of drug-likeness (QED) is 0.417. The molecule has 1 aliphatic heterocycles. The van der Waals surface area contributed by atoms with Crippen LogP contribution < -0.4 is 15.5 Å². The molecule has 2 N–H and O–H groups in total. The lowest BCUT2D eigenvalue weighted by atomic mass is 10.1. The Bertz CT molecular complexity index is 546. The van der Waals surface area contributed by atoms with Gasteiger partial charge in [-0.1, -0.05) is 25.1 Å². The number of para-hydroxylation sites is 1. The van der Waals surface area contributed by atoms with Crippen molar-refractivity contribution in [3.8, 4) is 0 Å². The number of rotatable bonds is 5. The topological polar surface area (TPSA) is 48.9 Å². The number of hydrogen-bond donors (Lipinski definition) is 2. The van der Waals surface area contributed by atoms with Crippen molar-refractivity contribution >= 4 is 35.6 Å². The van der Waals surface area contributed by atoms with Gasteiger partial charge in [-0.2, -0.15) is 0 Å². The third-order valence-corrected chi connectivity index (χ3v) is 4.53. The molecule has 6 heteroatoms. The van der Waals surface area contributed by atoms with E-state index < -0.39 is 0 Å². The third kappa shape index (κ3) is 5.24. The molecule has 2 atom stereocenters. The van der Waals surface area contributed by atoms with Crippen molar-refractivity contribution in [2.24, 2.45) is 10.9 Å². The Labute approximate surface area is 162 Å². The first kappa shape index (κ1) is 19.3. The van der Waals surface area contributed by atoms with E-state index in [4.69, 9.17) is 9.73 Å². The van der Waals surface area contributed by atoms with Gasteiger partial charge < -0.3 is 20.3 Å². The SMILES string of the molecule is CCNC(=NCc1ccccc1N1CCOCC1)NC1CC1C.I. The van der Waals surface area contributed by atoms with Gasteiger partial charge in [0.25, 0.3) is 0 Å². The Balaban J connectivity index is 0.00000208. The number of anilines is 1. The smallest absolute Gasteiger partial charge is 0.191 e. The zero-order chi connectivity index (χ0) is 16.1. The van der Waals surface area contributed by atoms with Gasteiger partial charge in [0.1, 0.15) is 0 Å². The van der Waals surface area contributed by atoms with Gasteiger partial charge in [0.15, 0.2) is 5.96 Å². The maximum atomic E-state index is 5.46. The largest absolute Gasteiger partial charge is 0.378 e. The standard InChI is InChI=1S/C18H28N4O.HI/c1-3-19-18(21-16-12-14(16)2)20-13-15-6-4-5-7-17(15)22-8-10-23-11-9-22;/h4-7,14,16H,3,8-13H2,1-2H3,(H2,19,20,21);1H. The number of nitrogens with one attached hydrogen (secondary N) is 2. The van der Waals surface area contributed by atoms with Crippen molar-refractivity contribution in [2.75, 3.05) is 37.7 Å². The minimum Gasteiger partial charge on any atom is -0.378 e. The van der Waals surface area contributed by atoms with Gasteiger partial charge in [0.05, 0.1) is 19.8 Å². The third-order valence-electron chi connectivity index (χ3n) is 4.53. The van der Waals surface area contributed by atoms with Gasteiger partial charge in [-0.15, -0.1) is 24.0 Å². The summed E-state index contributed by atoms with van der Waals surface area (Å²) >= 11 is 0. The second-order valence-corrected chi connectivity index (χ2v) is 6.39. The highest BCUT2D eigenvalue weighted by molar-refractivity contribution is 14.0. The Morgan fingerprint density at radius 3 is 2.67 bits per heavy atom. The summed E-state index contributed by atoms with van der Waals surface area (Å²) < 4.78 is 5.46. The first-order valence-corrected chi connectivity index (χ1v) is 8.73. The van der Waals surface area contributed by atoms with Gasteiger partial charge in [-0.25, -0.2) is 4.99 Å². The van der Waals surface area contributed by atoms with E-state index in [1.165, 1.54) is 17.7 Å². The van der Waals surface area contributed by atoms with Crippen LogP contribution in [0.15, 0.2) is 29.3 Å². The Morgan fingerprint density at radius 2 is 2.00 bits per heavy atom. The molecule has 0 radical (unpaired) electrons. The second kappa shape index (κ2) is 9.46. The fourth-order valence-corrected chi connectivity index (χ4v) is 2.94. The van der Waals surface area contributed by atoms with E-state index in [1.54, 1.807) is 0 Å². The molecule has 1 aromatic rings. The van der Waals surface area contributed by atoms with Crippen LogP contribution in [-0.2, 0) is 11.3 Å². The molecule has 1 heterocycles. The molecular formula is C18H29IN4O. The van der Waals surface area contributed by atoms with E-state index in [0.29, 0.717) is 12.6 Å². The fourth-order valence-electron chi connectivity index (χ4n) is 2.94. The number of aliphatic imine (C=N–C) groups is 1. The lowest BCUT2D eigenvalue weighted by Crippen LogP contribution is -2.39. The van der Waals surface area contributed by atoms with Crippen LogP contribution in [0.5, 0.6) is 0 Å². The molecule has 3 rings (SSSR count). The van der Waals surface area contributed by atoms with Crippen LogP contribution in [0.3, 0.4) is 0 Å². The molecule has 0 aromatic heterocycles. The number of nitrogens with zero attached hydrogens (tertiary/aromatic N) is 2. The molecule has 0 amide bonds. The Hall–Kier alpha value is -1.02. The highest BCUT2D eigenvalue weighted by Crippen LogP contribution is 2.29. The van der Waals surface area contributed by atoms with Crippen LogP contribution in [0.1, 0.15) is 25.8 Å². The molecule has 1 saturated heterocycles.